The lowest BCUT2D eigenvalue weighted by molar-refractivity contribution is -0.197. The van der Waals surface area contributed by atoms with Crippen molar-refractivity contribution in [1.29, 1.82) is 0 Å². The Balaban J connectivity index is 2.26. The molecule has 0 aliphatic carbocycles. The number of hydroxylamine groups is 2. The molecule has 0 unspecified atom stereocenters. The summed E-state index contributed by atoms with van der Waals surface area (Å²) in [6.45, 7) is 9.30. The minimum Gasteiger partial charge on any atom is -0.378 e. The Morgan fingerprint density at radius 1 is 1.22 bits per heavy atom. The Bertz CT molecular complexity index is 429. The van der Waals surface area contributed by atoms with Crippen LogP contribution >= 0.6 is 22.6 Å². The number of halogens is 1. The summed E-state index contributed by atoms with van der Waals surface area (Å²) in [6, 6.07) is 0. The molecule has 134 valence electrons. The molecule has 1 saturated heterocycles. The third kappa shape index (κ3) is 5.54. The van der Waals surface area contributed by atoms with E-state index in [9.17, 15) is 14.8 Å². The van der Waals surface area contributed by atoms with Crippen LogP contribution in [0.3, 0.4) is 0 Å². The van der Waals surface area contributed by atoms with Crippen molar-refractivity contribution in [3.8, 4) is 0 Å². The lowest BCUT2D eigenvalue weighted by Crippen LogP contribution is -2.50. The van der Waals surface area contributed by atoms with Gasteiger partial charge in [0.1, 0.15) is 0 Å². The van der Waals surface area contributed by atoms with Crippen LogP contribution in [0.5, 0.6) is 0 Å². The Hall–Kier alpha value is -0.450. The van der Waals surface area contributed by atoms with Gasteiger partial charge in [-0.15, -0.1) is 0 Å². The lowest BCUT2D eigenvalue weighted by Gasteiger charge is -2.35. The number of amides is 2. The predicted octanol–water partition coefficient (Wildman–Crippen LogP) is 0.939. The third-order valence-electron chi connectivity index (χ3n) is 4.23. The number of hydrogen-bond acceptors (Lipinski definition) is 5. The number of hydrogen-bond donors (Lipinski definition) is 3. The number of ether oxygens (including phenoxy) is 1. The second kappa shape index (κ2) is 8.59. The smallest absolute Gasteiger partial charge is 0.229 e. The highest BCUT2D eigenvalue weighted by Gasteiger charge is 2.54. The summed E-state index contributed by atoms with van der Waals surface area (Å²) in [6.07, 6.45) is 0.603. The third-order valence-corrected chi connectivity index (χ3v) is 4.92. The topological polar surface area (TPSA) is 90.9 Å². The minimum atomic E-state index is -0.599. The van der Waals surface area contributed by atoms with Gasteiger partial charge in [0.05, 0.1) is 29.1 Å². The van der Waals surface area contributed by atoms with Gasteiger partial charge in [0.25, 0.3) is 0 Å². The van der Waals surface area contributed by atoms with Crippen LogP contribution in [0.2, 0.25) is 0 Å². The van der Waals surface area contributed by atoms with E-state index in [1.807, 2.05) is 50.3 Å². The van der Waals surface area contributed by atoms with Crippen LogP contribution in [-0.2, 0) is 14.3 Å². The number of rotatable bonds is 8. The van der Waals surface area contributed by atoms with Crippen LogP contribution in [0.25, 0.3) is 0 Å². The van der Waals surface area contributed by atoms with E-state index in [0.717, 1.165) is 0 Å². The van der Waals surface area contributed by atoms with Crippen molar-refractivity contribution in [2.45, 2.75) is 45.2 Å². The molecule has 3 N–H and O–H groups in total. The number of carbonyl (C=O) groups excluding carboxylic acids is 2. The van der Waals surface area contributed by atoms with Crippen LogP contribution in [-0.4, -0.2) is 63.9 Å². The molecule has 0 aromatic rings. The molecule has 1 fully saturated rings. The highest BCUT2D eigenvalue weighted by atomic mass is 127. The van der Waals surface area contributed by atoms with Crippen molar-refractivity contribution >= 4 is 34.4 Å². The normalized spacial score (nSPS) is 22.8. The standard InChI is InChI=1S/C15H28IN3O4/c1-14(2)9-11(15(3,4)19(14)22)13(21)18-6-8-23-7-5-17-12(20)10-16/h11,22H,5-10H2,1-4H3,(H,17,20)(H,18,21)/t11-/m0/s1. The van der Waals surface area contributed by atoms with E-state index >= 15 is 0 Å². The van der Waals surface area contributed by atoms with E-state index in [1.54, 1.807) is 0 Å². The maximum absolute atomic E-state index is 12.3. The van der Waals surface area contributed by atoms with Crippen LogP contribution in [0.1, 0.15) is 34.1 Å². The molecule has 0 aromatic heterocycles. The molecule has 1 aliphatic rings. The summed E-state index contributed by atoms with van der Waals surface area (Å²) >= 11 is 2.00. The highest BCUT2D eigenvalue weighted by molar-refractivity contribution is 14.1. The maximum atomic E-state index is 12.3. The number of alkyl halides is 1. The van der Waals surface area contributed by atoms with Gasteiger partial charge < -0.3 is 20.6 Å². The molecule has 1 heterocycles. The van der Waals surface area contributed by atoms with Gasteiger partial charge in [-0.1, -0.05) is 22.6 Å². The van der Waals surface area contributed by atoms with Gasteiger partial charge in [0.15, 0.2) is 0 Å². The molecule has 1 atom stereocenters. The number of nitrogens with zero attached hydrogens (tertiary/aromatic N) is 1. The average Bonchev–Trinajstić information content (AvgIpc) is 2.65. The Morgan fingerprint density at radius 3 is 2.26 bits per heavy atom. The van der Waals surface area contributed by atoms with Gasteiger partial charge in [-0.25, -0.2) is 0 Å². The second-order valence-corrected chi connectivity index (χ2v) is 7.68. The maximum Gasteiger partial charge on any atom is 0.229 e. The first-order valence-electron chi connectivity index (χ1n) is 7.80. The Morgan fingerprint density at radius 2 is 1.78 bits per heavy atom. The van der Waals surface area contributed by atoms with Crippen molar-refractivity contribution in [1.82, 2.24) is 15.7 Å². The van der Waals surface area contributed by atoms with Crippen LogP contribution in [0.15, 0.2) is 0 Å². The average molecular weight is 441 g/mol. The lowest BCUT2D eigenvalue weighted by atomic mass is 9.86. The Kier molecular flexibility index (Phi) is 7.69. The minimum absolute atomic E-state index is 0.0119. The fourth-order valence-corrected chi connectivity index (χ4v) is 3.23. The van der Waals surface area contributed by atoms with Gasteiger partial charge in [0.2, 0.25) is 11.8 Å². The molecular weight excluding hydrogens is 413 g/mol. The molecule has 0 bridgehead atoms. The SMILES string of the molecule is CC1(C)C[C@@H](C(=O)NCCOCCNC(=O)CI)C(C)(C)N1O. The van der Waals surface area contributed by atoms with Gasteiger partial charge in [-0.3, -0.25) is 9.59 Å². The summed E-state index contributed by atoms with van der Waals surface area (Å²) in [7, 11) is 0. The molecule has 0 saturated carbocycles. The molecular formula is C15H28IN3O4. The monoisotopic (exact) mass is 441 g/mol. The van der Waals surface area contributed by atoms with Crippen molar-refractivity contribution in [2.75, 3.05) is 30.7 Å². The number of nitrogens with one attached hydrogen (secondary N) is 2. The summed E-state index contributed by atoms with van der Waals surface area (Å²) in [5.74, 6) is -0.353. The van der Waals surface area contributed by atoms with Crippen molar-refractivity contribution in [2.24, 2.45) is 5.92 Å². The zero-order valence-electron chi connectivity index (χ0n) is 14.3. The summed E-state index contributed by atoms with van der Waals surface area (Å²) in [5.41, 5.74) is -1.02. The Labute approximate surface area is 151 Å². The van der Waals surface area contributed by atoms with Gasteiger partial charge >= 0.3 is 0 Å². The quantitative estimate of drug-likeness (QED) is 0.296. The van der Waals surface area contributed by atoms with E-state index < -0.39 is 11.1 Å². The first-order chi connectivity index (χ1) is 10.6. The zero-order chi connectivity index (χ0) is 17.7. The highest BCUT2D eigenvalue weighted by Crippen LogP contribution is 2.43. The first kappa shape index (κ1) is 20.6. The number of carbonyl (C=O) groups is 2. The van der Waals surface area contributed by atoms with Gasteiger partial charge in [-0.2, -0.15) is 5.06 Å². The van der Waals surface area contributed by atoms with Crippen molar-refractivity contribution in [3.63, 3.8) is 0 Å². The van der Waals surface area contributed by atoms with Crippen LogP contribution in [0, 0.1) is 5.92 Å². The van der Waals surface area contributed by atoms with Crippen LogP contribution < -0.4 is 10.6 Å². The molecule has 23 heavy (non-hydrogen) atoms. The fraction of sp³-hybridized carbons (Fsp3) is 0.867. The van der Waals surface area contributed by atoms with E-state index in [4.69, 9.17) is 4.74 Å². The predicted molar refractivity (Wildman–Crippen MR) is 95.6 cm³/mol. The summed E-state index contributed by atoms with van der Waals surface area (Å²) < 4.78 is 5.80. The molecule has 1 rings (SSSR count). The van der Waals surface area contributed by atoms with Crippen molar-refractivity contribution in [3.05, 3.63) is 0 Å². The molecule has 7 nitrogen and oxygen atoms in total. The molecule has 0 radical (unpaired) electrons. The summed E-state index contributed by atoms with van der Waals surface area (Å²) in [4.78, 5) is 23.4. The van der Waals surface area contributed by atoms with Crippen LogP contribution in [0.4, 0.5) is 0 Å². The second-order valence-electron chi connectivity index (χ2n) is 6.92. The molecule has 1 aliphatic heterocycles. The van der Waals surface area contributed by atoms with E-state index in [-0.39, 0.29) is 17.7 Å². The van der Waals surface area contributed by atoms with E-state index in [1.165, 1.54) is 5.06 Å². The van der Waals surface area contributed by atoms with E-state index in [0.29, 0.717) is 37.2 Å². The van der Waals surface area contributed by atoms with Gasteiger partial charge in [-0.05, 0) is 34.1 Å². The molecule has 0 aromatic carbocycles. The molecule has 2 amide bonds. The molecule has 8 heteroatoms. The molecule has 0 spiro atoms. The van der Waals surface area contributed by atoms with E-state index in [2.05, 4.69) is 10.6 Å². The fourth-order valence-electron chi connectivity index (χ4n) is 2.96. The van der Waals surface area contributed by atoms with Crippen molar-refractivity contribution < 1.29 is 19.5 Å². The first-order valence-corrected chi connectivity index (χ1v) is 9.33. The summed E-state index contributed by atoms with van der Waals surface area (Å²) in [5, 5.41) is 17.1. The van der Waals surface area contributed by atoms with Gasteiger partial charge in [0, 0.05) is 18.6 Å². The largest absolute Gasteiger partial charge is 0.378 e. The zero-order valence-corrected chi connectivity index (χ0v) is 16.5.